The average Bonchev–Trinajstić information content (AvgIpc) is 2.59. The fourth-order valence-electron chi connectivity index (χ4n) is 2.65. The van der Waals surface area contributed by atoms with Gasteiger partial charge in [0.05, 0.1) is 5.56 Å². The number of hydrogen-bond donors (Lipinski definition) is 0. The van der Waals surface area contributed by atoms with Crippen molar-refractivity contribution in [2.75, 3.05) is 31.1 Å². The number of amides is 1. The minimum absolute atomic E-state index is 0.0757. The van der Waals surface area contributed by atoms with Crippen LogP contribution in [0.25, 0.3) is 0 Å². The monoisotopic (exact) mass is 426 g/mol. The first-order valence-corrected chi connectivity index (χ1v) is 7.63. The minimum atomic E-state index is -6.65. The Labute approximate surface area is 151 Å². The van der Waals surface area contributed by atoms with Crippen molar-refractivity contribution < 1.29 is 48.7 Å². The largest absolute Gasteiger partial charge is 0.460 e. The molecule has 0 aromatic heterocycles. The highest BCUT2D eigenvalue weighted by atomic mass is 19.4. The van der Waals surface area contributed by atoms with Crippen LogP contribution in [0.4, 0.5) is 49.6 Å². The molecule has 0 radical (unpaired) electrons. The van der Waals surface area contributed by atoms with Gasteiger partial charge in [-0.3, -0.25) is 4.79 Å². The third-order valence-corrected chi connectivity index (χ3v) is 4.14. The van der Waals surface area contributed by atoms with Crippen LogP contribution in [0.2, 0.25) is 0 Å². The summed E-state index contributed by atoms with van der Waals surface area (Å²) in [5, 5.41) is 0. The number of para-hydroxylation sites is 1. The first-order valence-electron chi connectivity index (χ1n) is 7.63. The van der Waals surface area contributed by atoms with Gasteiger partial charge in [0.15, 0.2) is 0 Å². The van der Waals surface area contributed by atoms with E-state index in [1.54, 1.807) is 0 Å². The van der Waals surface area contributed by atoms with Gasteiger partial charge in [-0.1, -0.05) is 12.1 Å². The molecule has 1 aliphatic rings. The molecule has 0 atom stereocenters. The molecule has 1 saturated heterocycles. The fraction of sp³-hybridized carbons (Fsp3) is 0.533. The maximum atomic E-state index is 13.5. The van der Waals surface area contributed by atoms with E-state index in [0.717, 1.165) is 23.1 Å². The normalized spacial score (nSPS) is 17.1. The Bertz CT molecular complexity index is 720. The third kappa shape index (κ3) is 3.83. The summed E-state index contributed by atoms with van der Waals surface area (Å²) in [6.45, 7) is -2.44. The maximum absolute atomic E-state index is 13.5. The van der Waals surface area contributed by atoms with Crippen LogP contribution in [0.3, 0.4) is 0 Å². The summed E-state index contributed by atoms with van der Waals surface area (Å²) < 4.78 is 129. The zero-order valence-electron chi connectivity index (χ0n) is 13.7. The van der Waals surface area contributed by atoms with Gasteiger partial charge in [0.1, 0.15) is 0 Å². The molecule has 28 heavy (non-hydrogen) atoms. The predicted molar refractivity (Wildman–Crippen MR) is 76.2 cm³/mol. The number of carbonyl (C=O) groups excluding carboxylic acids is 1. The van der Waals surface area contributed by atoms with Gasteiger partial charge < -0.3 is 9.80 Å². The second-order valence-electron chi connectivity index (χ2n) is 5.94. The van der Waals surface area contributed by atoms with Gasteiger partial charge >= 0.3 is 24.2 Å². The second-order valence-corrected chi connectivity index (χ2v) is 5.94. The van der Waals surface area contributed by atoms with Crippen molar-refractivity contribution in [3.63, 3.8) is 0 Å². The summed E-state index contributed by atoms with van der Waals surface area (Å²) in [6.07, 6.45) is -11.4. The van der Waals surface area contributed by atoms with Crippen LogP contribution in [-0.4, -0.2) is 55.0 Å². The Morgan fingerprint density at radius 3 is 1.75 bits per heavy atom. The Morgan fingerprint density at radius 1 is 0.786 bits per heavy atom. The lowest BCUT2D eigenvalue weighted by Crippen LogP contribution is -2.62. The van der Waals surface area contributed by atoms with Crippen LogP contribution < -0.4 is 4.90 Å². The number of anilines is 1. The molecular weight excluding hydrogens is 414 g/mol. The van der Waals surface area contributed by atoms with Crippen LogP contribution in [0.1, 0.15) is 5.56 Å². The highest BCUT2D eigenvalue weighted by Crippen LogP contribution is 2.47. The molecule has 1 aromatic rings. The van der Waals surface area contributed by atoms with E-state index >= 15 is 0 Å². The fourth-order valence-corrected chi connectivity index (χ4v) is 2.65. The third-order valence-electron chi connectivity index (χ3n) is 4.14. The lowest BCUT2D eigenvalue weighted by Gasteiger charge is -2.39. The molecule has 1 aromatic carbocycles. The quantitative estimate of drug-likeness (QED) is 0.677. The van der Waals surface area contributed by atoms with Gasteiger partial charge in [0.2, 0.25) is 0 Å². The van der Waals surface area contributed by atoms with Gasteiger partial charge in [-0.05, 0) is 12.1 Å². The topological polar surface area (TPSA) is 23.6 Å². The van der Waals surface area contributed by atoms with Crippen LogP contribution in [-0.2, 0) is 11.0 Å². The van der Waals surface area contributed by atoms with Gasteiger partial charge in [-0.15, -0.1) is 0 Å². The summed E-state index contributed by atoms with van der Waals surface area (Å²) in [5.41, 5.74) is -1.36. The van der Waals surface area contributed by atoms with Crippen LogP contribution >= 0.6 is 0 Å². The first kappa shape index (κ1) is 22.1. The van der Waals surface area contributed by atoms with E-state index in [9.17, 15) is 48.7 Å². The standard InChI is InChI=1S/C15H12F10N2O/c16-12(17,14(21,22)15(23,24)25)11(28)27-7-5-26(6-8-27)10-4-2-1-3-9(10)13(18,19)20/h1-4H,5-8H2. The maximum Gasteiger partial charge on any atom is 0.460 e. The zero-order chi connectivity index (χ0) is 21.5. The molecule has 158 valence electrons. The highest BCUT2D eigenvalue weighted by molar-refractivity contribution is 5.85. The summed E-state index contributed by atoms with van der Waals surface area (Å²) in [7, 11) is 0. The molecule has 0 N–H and O–H groups in total. The molecule has 2 rings (SSSR count). The Morgan fingerprint density at radius 2 is 1.29 bits per heavy atom. The molecule has 1 fully saturated rings. The van der Waals surface area contributed by atoms with E-state index in [4.69, 9.17) is 0 Å². The van der Waals surface area contributed by atoms with Gasteiger partial charge in [-0.25, -0.2) is 0 Å². The van der Waals surface area contributed by atoms with Crippen LogP contribution in [0, 0.1) is 0 Å². The Kier molecular flexibility index (Phi) is 5.52. The number of carbonyl (C=O) groups is 1. The Hall–Kier alpha value is -2.21. The van der Waals surface area contributed by atoms with Crippen molar-refractivity contribution in [1.29, 1.82) is 0 Å². The van der Waals surface area contributed by atoms with E-state index in [2.05, 4.69) is 0 Å². The molecule has 1 heterocycles. The van der Waals surface area contributed by atoms with Crippen LogP contribution in [0.5, 0.6) is 0 Å². The van der Waals surface area contributed by atoms with E-state index in [1.807, 2.05) is 0 Å². The minimum Gasteiger partial charge on any atom is -0.367 e. The summed E-state index contributed by atoms with van der Waals surface area (Å²) >= 11 is 0. The number of alkyl halides is 10. The summed E-state index contributed by atoms with van der Waals surface area (Å²) in [5.74, 6) is -15.4. The SMILES string of the molecule is O=C(N1CCN(c2ccccc2C(F)(F)F)CC1)C(F)(F)C(F)(F)C(F)(F)F. The van der Waals surface area contributed by atoms with Crippen molar-refractivity contribution >= 4 is 11.6 Å². The van der Waals surface area contributed by atoms with Crippen molar-refractivity contribution in [3.05, 3.63) is 29.8 Å². The van der Waals surface area contributed by atoms with Crippen LogP contribution in [0.15, 0.2) is 24.3 Å². The zero-order valence-corrected chi connectivity index (χ0v) is 13.7. The van der Waals surface area contributed by atoms with Crippen molar-refractivity contribution in [3.8, 4) is 0 Å². The lowest BCUT2D eigenvalue weighted by molar-refractivity contribution is -0.346. The number of halogens is 10. The number of hydrogen-bond acceptors (Lipinski definition) is 2. The van der Waals surface area contributed by atoms with Gasteiger partial charge in [0, 0.05) is 31.9 Å². The number of nitrogens with zero attached hydrogens (tertiary/aromatic N) is 2. The molecule has 0 unspecified atom stereocenters. The van der Waals surface area contributed by atoms with Gasteiger partial charge in [0.25, 0.3) is 5.91 Å². The van der Waals surface area contributed by atoms with Crippen molar-refractivity contribution in [1.82, 2.24) is 4.90 Å². The van der Waals surface area contributed by atoms with E-state index < -0.39 is 61.8 Å². The number of rotatable bonds is 3. The van der Waals surface area contributed by atoms with E-state index in [1.165, 1.54) is 6.07 Å². The molecule has 3 nitrogen and oxygen atoms in total. The smallest absolute Gasteiger partial charge is 0.367 e. The molecule has 1 aliphatic heterocycles. The number of benzene rings is 1. The molecule has 13 heteroatoms. The average molecular weight is 426 g/mol. The molecule has 0 saturated carbocycles. The summed E-state index contributed by atoms with van der Waals surface area (Å²) in [4.78, 5) is 12.7. The van der Waals surface area contributed by atoms with E-state index in [0.29, 0.717) is 0 Å². The Balaban J connectivity index is 2.16. The summed E-state index contributed by atoms with van der Waals surface area (Å²) in [6, 6.07) is 4.25. The van der Waals surface area contributed by atoms with E-state index in [-0.39, 0.29) is 10.6 Å². The van der Waals surface area contributed by atoms with Gasteiger partial charge in [-0.2, -0.15) is 43.9 Å². The predicted octanol–water partition coefficient (Wildman–Crippen LogP) is 4.19. The molecule has 0 spiro atoms. The number of piperazine rings is 1. The lowest BCUT2D eigenvalue weighted by atomic mass is 10.1. The second kappa shape index (κ2) is 6.99. The molecular formula is C15H12F10N2O. The molecule has 1 amide bonds. The first-order chi connectivity index (χ1) is 12.6. The highest BCUT2D eigenvalue weighted by Gasteiger charge is 2.76. The molecule has 0 aliphatic carbocycles. The van der Waals surface area contributed by atoms with Crippen molar-refractivity contribution in [2.45, 2.75) is 24.2 Å². The molecule has 0 bridgehead atoms. The van der Waals surface area contributed by atoms with Crippen molar-refractivity contribution in [2.24, 2.45) is 0 Å².